The SMILES string of the molecule is Cc1cccc(COC(=O)c2csc(-c3cccs3)n2)c1. The summed E-state index contributed by atoms with van der Waals surface area (Å²) >= 11 is 3.07. The molecule has 0 saturated carbocycles. The molecule has 0 radical (unpaired) electrons. The summed E-state index contributed by atoms with van der Waals surface area (Å²) in [4.78, 5) is 17.4. The van der Waals surface area contributed by atoms with Gasteiger partial charge in [-0.2, -0.15) is 0 Å². The van der Waals surface area contributed by atoms with E-state index in [4.69, 9.17) is 4.74 Å². The van der Waals surface area contributed by atoms with Gasteiger partial charge in [-0.05, 0) is 23.9 Å². The molecular formula is C16H13NO2S2. The van der Waals surface area contributed by atoms with Crippen molar-refractivity contribution in [3.63, 3.8) is 0 Å². The molecule has 0 aliphatic rings. The van der Waals surface area contributed by atoms with E-state index in [1.165, 1.54) is 11.3 Å². The first-order valence-corrected chi connectivity index (χ1v) is 8.20. The fourth-order valence-corrected chi connectivity index (χ4v) is 3.51. The quantitative estimate of drug-likeness (QED) is 0.664. The van der Waals surface area contributed by atoms with E-state index in [1.54, 1.807) is 16.7 Å². The van der Waals surface area contributed by atoms with Gasteiger partial charge in [-0.3, -0.25) is 0 Å². The number of carbonyl (C=O) groups excluding carboxylic acids is 1. The van der Waals surface area contributed by atoms with Crippen LogP contribution in [0.15, 0.2) is 47.2 Å². The Bertz CT molecular complexity index is 747. The number of hydrogen-bond acceptors (Lipinski definition) is 5. The molecule has 106 valence electrons. The molecule has 0 aliphatic carbocycles. The van der Waals surface area contributed by atoms with E-state index in [9.17, 15) is 4.79 Å². The highest BCUT2D eigenvalue weighted by molar-refractivity contribution is 7.20. The van der Waals surface area contributed by atoms with Crippen molar-refractivity contribution >= 4 is 28.6 Å². The van der Waals surface area contributed by atoms with Gasteiger partial charge in [0.25, 0.3) is 0 Å². The Morgan fingerprint density at radius 3 is 2.90 bits per heavy atom. The van der Waals surface area contributed by atoms with Gasteiger partial charge in [0, 0.05) is 5.38 Å². The fourth-order valence-electron chi connectivity index (χ4n) is 1.91. The van der Waals surface area contributed by atoms with Crippen LogP contribution < -0.4 is 0 Å². The van der Waals surface area contributed by atoms with Crippen molar-refractivity contribution in [2.45, 2.75) is 13.5 Å². The maximum absolute atomic E-state index is 12.0. The monoisotopic (exact) mass is 315 g/mol. The van der Waals surface area contributed by atoms with Gasteiger partial charge in [0.2, 0.25) is 0 Å². The molecule has 0 aliphatic heterocycles. The van der Waals surface area contributed by atoms with Gasteiger partial charge in [-0.15, -0.1) is 22.7 Å². The number of rotatable bonds is 4. The predicted octanol–water partition coefficient (Wildman–Crippen LogP) is 4.54. The summed E-state index contributed by atoms with van der Waals surface area (Å²) < 4.78 is 5.31. The van der Waals surface area contributed by atoms with Crippen molar-refractivity contribution in [3.8, 4) is 9.88 Å². The number of benzene rings is 1. The summed E-state index contributed by atoms with van der Waals surface area (Å²) in [6, 6.07) is 11.9. The molecule has 5 heteroatoms. The predicted molar refractivity (Wildman–Crippen MR) is 85.7 cm³/mol. The number of esters is 1. The lowest BCUT2D eigenvalue weighted by atomic mass is 10.1. The van der Waals surface area contributed by atoms with Crippen LogP contribution in [-0.4, -0.2) is 11.0 Å². The lowest BCUT2D eigenvalue weighted by Crippen LogP contribution is -2.05. The van der Waals surface area contributed by atoms with Crippen molar-refractivity contribution < 1.29 is 9.53 Å². The van der Waals surface area contributed by atoms with Crippen LogP contribution >= 0.6 is 22.7 Å². The minimum atomic E-state index is -0.379. The zero-order valence-electron chi connectivity index (χ0n) is 11.4. The third-order valence-electron chi connectivity index (χ3n) is 2.90. The second kappa shape index (κ2) is 6.20. The Balaban J connectivity index is 1.66. The Kier molecular flexibility index (Phi) is 4.13. The topological polar surface area (TPSA) is 39.2 Å². The van der Waals surface area contributed by atoms with Crippen molar-refractivity contribution in [2.24, 2.45) is 0 Å². The first kappa shape index (κ1) is 14.0. The molecule has 2 aromatic heterocycles. The minimum absolute atomic E-state index is 0.270. The van der Waals surface area contributed by atoms with E-state index in [0.29, 0.717) is 5.69 Å². The lowest BCUT2D eigenvalue weighted by Gasteiger charge is -2.03. The van der Waals surface area contributed by atoms with E-state index >= 15 is 0 Å². The maximum Gasteiger partial charge on any atom is 0.358 e. The first-order chi connectivity index (χ1) is 10.2. The van der Waals surface area contributed by atoms with Gasteiger partial charge in [0.1, 0.15) is 11.6 Å². The second-order valence-corrected chi connectivity index (χ2v) is 6.39. The summed E-state index contributed by atoms with van der Waals surface area (Å²) in [6.45, 7) is 2.28. The van der Waals surface area contributed by atoms with Gasteiger partial charge in [0.15, 0.2) is 5.69 Å². The average Bonchev–Trinajstić information content (AvgIpc) is 3.15. The van der Waals surface area contributed by atoms with Gasteiger partial charge in [-0.25, -0.2) is 9.78 Å². The van der Waals surface area contributed by atoms with E-state index in [0.717, 1.165) is 21.0 Å². The highest BCUT2D eigenvalue weighted by Gasteiger charge is 2.13. The molecule has 21 heavy (non-hydrogen) atoms. The summed E-state index contributed by atoms with van der Waals surface area (Å²) in [7, 11) is 0. The second-order valence-electron chi connectivity index (χ2n) is 4.58. The molecular weight excluding hydrogens is 302 g/mol. The third-order valence-corrected chi connectivity index (χ3v) is 4.78. The van der Waals surface area contributed by atoms with E-state index in [2.05, 4.69) is 4.98 Å². The van der Waals surface area contributed by atoms with Crippen molar-refractivity contribution in [2.75, 3.05) is 0 Å². The Labute approximate surface area is 130 Å². The maximum atomic E-state index is 12.0. The van der Waals surface area contributed by atoms with Crippen LogP contribution in [0.4, 0.5) is 0 Å². The number of ether oxygens (including phenoxy) is 1. The molecule has 0 N–H and O–H groups in total. The summed E-state index contributed by atoms with van der Waals surface area (Å²) in [6.07, 6.45) is 0. The smallest absolute Gasteiger partial charge is 0.358 e. The lowest BCUT2D eigenvalue weighted by molar-refractivity contribution is 0.0466. The molecule has 0 bridgehead atoms. The number of nitrogens with zero attached hydrogens (tertiary/aromatic N) is 1. The van der Waals surface area contributed by atoms with Crippen LogP contribution in [0.5, 0.6) is 0 Å². The zero-order valence-corrected chi connectivity index (χ0v) is 13.0. The number of aromatic nitrogens is 1. The van der Waals surface area contributed by atoms with Gasteiger partial charge < -0.3 is 4.74 Å². The van der Waals surface area contributed by atoms with Crippen LogP contribution in [0.2, 0.25) is 0 Å². The summed E-state index contributed by atoms with van der Waals surface area (Å²) in [5.41, 5.74) is 2.50. The molecule has 0 amide bonds. The van der Waals surface area contributed by atoms with Crippen molar-refractivity contribution in [1.82, 2.24) is 4.98 Å². The minimum Gasteiger partial charge on any atom is -0.456 e. The molecule has 3 rings (SSSR count). The van der Waals surface area contributed by atoms with Gasteiger partial charge in [0.05, 0.1) is 4.88 Å². The van der Waals surface area contributed by atoms with E-state index < -0.39 is 0 Å². The molecule has 0 unspecified atom stereocenters. The van der Waals surface area contributed by atoms with E-state index in [-0.39, 0.29) is 12.6 Å². The zero-order chi connectivity index (χ0) is 14.7. The van der Waals surface area contributed by atoms with Gasteiger partial charge in [-0.1, -0.05) is 35.9 Å². The molecule has 3 nitrogen and oxygen atoms in total. The van der Waals surface area contributed by atoms with Crippen LogP contribution in [0.1, 0.15) is 21.6 Å². The molecule has 1 aromatic carbocycles. The highest BCUT2D eigenvalue weighted by Crippen LogP contribution is 2.28. The van der Waals surface area contributed by atoms with Gasteiger partial charge >= 0.3 is 5.97 Å². The highest BCUT2D eigenvalue weighted by atomic mass is 32.1. The summed E-state index contributed by atoms with van der Waals surface area (Å²) in [5.74, 6) is -0.379. The molecule has 3 aromatic rings. The van der Waals surface area contributed by atoms with E-state index in [1.807, 2.05) is 48.7 Å². The molecule has 0 atom stereocenters. The standard InChI is InChI=1S/C16H13NO2S2/c1-11-4-2-5-12(8-11)9-19-16(18)13-10-21-15(17-13)14-6-3-7-20-14/h2-8,10H,9H2,1H3. The Hall–Kier alpha value is -1.98. The third kappa shape index (κ3) is 3.37. The number of thiophene rings is 1. The molecule has 0 saturated heterocycles. The summed E-state index contributed by atoms with van der Waals surface area (Å²) in [5, 5.41) is 4.59. The van der Waals surface area contributed by atoms with Crippen molar-refractivity contribution in [1.29, 1.82) is 0 Å². The van der Waals surface area contributed by atoms with Crippen LogP contribution in [0.3, 0.4) is 0 Å². The Morgan fingerprint density at radius 2 is 2.14 bits per heavy atom. The normalized spacial score (nSPS) is 10.5. The number of thiazole rings is 1. The van der Waals surface area contributed by atoms with Crippen LogP contribution in [-0.2, 0) is 11.3 Å². The molecule has 2 heterocycles. The number of aryl methyl sites for hydroxylation is 1. The molecule has 0 fully saturated rings. The fraction of sp³-hybridized carbons (Fsp3) is 0.125. The Morgan fingerprint density at radius 1 is 1.24 bits per heavy atom. The largest absolute Gasteiger partial charge is 0.456 e. The van der Waals surface area contributed by atoms with Crippen LogP contribution in [0.25, 0.3) is 9.88 Å². The van der Waals surface area contributed by atoms with Crippen LogP contribution in [0, 0.1) is 6.92 Å². The number of carbonyl (C=O) groups is 1. The molecule has 0 spiro atoms. The number of hydrogen-bond donors (Lipinski definition) is 0. The average molecular weight is 315 g/mol. The first-order valence-electron chi connectivity index (χ1n) is 6.44. The van der Waals surface area contributed by atoms with Crippen molar-refractivity contribution in [3.05, 3.63) is 64.0 Å².